The van der Waals surface area contributed by atoms with Crippen LogP contribution in [0, 0.1) is 6.92 Å². The summed E-state index contributed by atoms with van der Waals surface area (Å²) in [6, 6.07) is 7.79. The van der Waals surface area contributed by atoms with E-state index in [1.807, 2.05) is 31.2 Å². The summed E-state index contributed by atoms with van der Waals surface area (Å²) in [6.45, 7) is 2.04. The molecule has 0 aliphatic heterocycles. The first kappa shape index (κ1) is 8.71. The SMILES string of the molecule is Cc1ccc(N)cc1.[Pt]. The maximum Gasteiger partial charge on any atom is 0.0314 e. The maximum atomic E-state index is 5.43. The van der Waals surface area contributed by atoms with Gasteiger partial charge in [0.15, 0.2) is 0 Å². The van der Waals surface area contributed by atoms with E-state index in [1.165, 1.54) is 5.56 Å². The summed E-state index contributed by atoms with van der Waals surface area (Å²) in [5, 5.41) is 0. The molecule has 1 rings (SSSR count). The van der Waals surface area contributed by atoms with E-state index in [-0.39, 0.29) is 21.1 Å². The van der Waals surface area contributed by atoms with Crippen LogP contribution in [0.3, 0.4) is 0 Å². The summed E-state index contributed by atoms with van der Waals surface area (Å²) in [5.41, 5.74) is 7.51. The van der Waals surface area contributed by atoms with Crippen molar-refractivity contribution in [2.24, 2.45) is 0 Å². The summed E-state index contributed by atoms with van der Waals surface area (Å²) in [6.07, 6.45) is 0. The van der Waals surface area contributed by atoms with Crippen LogP contribution in [0.25, 0.3) is 0 Å². The van der Waals surface area contributed by atoms with Crippen molar-refractivity contribution in [2.45, 2.75) is 6.92 Å². The molecule has 9 heavy (non-hydrogen) atoms. The van der Waals surface area contributed by atoms with E-state index < -0.39 is 0 Å². The van der Waals surface area contributed by atoms with Crippen LogP contribution < -0.4 is 5.73 Å². The molecule has 0 aliphatic carbocycles. The van der Waals surface area contributed by atoms with Gasteiger partial charge in [0, 0.05) is 26.8 Å². The van der Waals surface area contributed by atoms with Crippen LogP contribution in [0.15, 0.2) is 24.3 Å². The molecule has 0 fully saturated rings. The van der Waals surface area contributed by atoms with Crippen LogP contribution in [0.2, 0.25) is 0 Å². The molecule has 0 atom stereocenters. The third kappa shape index (κ3) is 2.66. The van der Waals surface area contributed by atoms with Gasteiger partial charge >= 0.3 is 0 Å². The van der Waals surface area contributed by atoms with Crippen molar-refractivity contribution >= 4 is 5.69 Å². The zero-order valence-corrected chi connectivity index (χ0v) is 7.48. The zero-order chi connectivity index (χ0) is 5.98. The van der Waals surface area contributed by atoms with Crippen LogP contribution in [-0.4, -0.2) is 0 Å². The third-order valence-corrected chi connectivity index (χ3v) is 1.08. The number of anilines is 1. The zero-order valence-electron chi connectivity index (χ0n) is 5.20. The van der Waals surface area contributed by atoms with Gasteiger partial charge in [-0.05, 0) is 19.1 Å². The molecule has 0 bridgehead atoms. The molecule has 1 aromatic rings. The van der Waals surface area contributed by atoms with Crippen LogP contribution in [0.4, 0.5) is 5.69 Å². The van der Waals surface area contributed by atoms with E-state index in [0.29, 0.717) is 0 Å². The molecule has 0 amide bonds. The number of rotatable bonds is 0. The van der Waals surface area contributed by atoms with Gasteiger partial charge in [-0.15, -0.1) is 0 Å². The maximum absolute atomic E-state index is 5.43. The number of nitrogens with two attached hydrogens (primary N) is 1. The Kier molecular flexibility index (Phi) is 3.56. The van der Waals surface area contributed by atoms with Crippen molar-refractivity contribution in [1.82, 2.24) is 0 Å². The number of benzene rings is 1. The Balaban J connectivity index is 0.000000640. The molecular weight excluding hydrogens is 293 g/mol. The van der Waals surface area contributed by atoms with Crippen LogP contribution >= 0.6 is 0 Å². The first-order chi connectivity index (χ1) is 3.79. The van der Waals surface area contributed by atoms with E-state index in [9.17, 15) is 0 Å². The molecule has 52 valence electrons. The van der Waals surface area contributed by atoms with Gasteiger partial charge in [0.2, 0.25) is 0 Å². The minimum absolute atomic E-state index is 0. The van der Waals surface area contributed by atoms with E-state index in [1.54, 1.807) is 0 Å². The van der Waals surface area contributed by atoms with Crippen molar-refractivity contribution in [3.05, 3.63) is 29.8 Å². The molecule has 2 heteroatoms. The molecule has 2 N–H and O–H groups in total. The summed E-state index contributed by atoms with van der Waals surface area (Å²) in [4.78, 5) is 0. The van der Waals surface area contributed by atoms with Crippen LogP contribution in [-0.2, 0) is 21.1 Å². The largest absolute Gasteiger partial charge is 0.399 e. The Morgan fingerprint density at radius 2 is 1.56 bits per heavy atom. The number of hydrogen-bond donors (Lipinski definition) is 1. The quantitative estimate of drug-likeness (QED) is 0.724. The minimum atomic E-state index is 0. The fourth-order valence-electron chi connectivity index (χ4n) is 0.566. The molecule has 0 saturated carbocycles. The fraction of sp³-hybridized carbons (Fsp3) is 0.143. The van der Waals surface area contributed by atoms with Crippen molar-refractivity contribution in [2.75, 3.05) is 5.73 Å². The smallest absolute Gasteiger partial charge is 0.0314 e. The molecule has 0 spiro atoms. The second kappa shape index (κ2) is 3.68. The summed E-state index contributed by atoms with van der Waals surface area (Å²) in [7, 11) is 0. The van der Waals surface area contributed by atoms with Crippen LogP contribution in [0.1, 0.15) is 5.56 Å². The Labute approximate surface area is 69.5 Å². The summed E-state index contributed by atoms with van der Waals surface area (Å²) in [5.74, 6) is 0. The molecule has 1 aromatic carbocycles. The summed E-state index contributed by atoms with van der Waals surface area (Å²) < 4.78 is 0. The average molecular weight is 302 g/mol. The van der Waals surface area contributed by atoms with Crippen molar-refractivity contribution in [3.63, 3.8) is 0 Å². The first-order valence-electron chi connectivity index (χ1n) is 2.61. The van der Waals surface area contributed by atoms with Crippen LogP contribution in [0.5, 0.6) is 0 Å². The topological polar surface area (TPSA) is 26.0 Å². The van der Waals surface area contributed by atoms with E-state index >= 15 is 0 Å². The molecular formula is C7H9NPt. The molecule has 0 aliphatic rings. The van der Waals surface area contributed by atoms with Gasteiger partial charge < -0.3 is 5.73 Å². The molecule has 0 heterocycles. The van der Waals surface area contributed by atoms with Gasteiger partial charge in [-0.2, -0.15) is 0 Å². The molecule has 0 unspecified atom stereocenters. The first-order valence-corrected chi connectivity index (χ1v) is 2.61. The Morgan fingerprint density at radius 3 is 1.89 bits per heavy atom. The number of hydrogen-bond acceptors (Lipinski definition) is 1. The van der Waals surface area contributed by atoms with Gasteiger partial charge in [-0.3, -0.25) is 0 Å². The van der Waals surface area contributed by atoms with Crippen molar-refractivity contribution in [1.29, 1.82) is 0 Å². The minimum Gasteiger partial charge on any atom is -0.399 e. The predicted octanol–water partition coefficient (Wildman–Crippen LogP) is 1.57. The van der Waals surface area contributed by atoms with E-state index in [4.69, 9.17) is 5.73 Å². The molecule has 0 saturated heterocycles. The van der Waals surface area contributed by atoms with Crippen molar-refractivity contribution in [3.8, 4) is 0 Å². The third-order valence-electron chi connectivity index (χ3n) is 1.08. The monoisotopic (exact) mass is 302 g/mol. The normalized spacial score (nSPS) is 8.11. The molecule has 1 nitrogen and oxygen atoms in total. The van der Waals surface area contributed by atoms with Gasteiger partial charge in [-0.25, -0.2) is 0 Å². The summed E-state index contributed by atoms with van der Waals surface area (Å²) >= 11 is 0. The average Bonchev–Trinajstić information content (AvgIpc) is 1.77. The fourth-order valence-corrected chi connectivity index (χ4v) is 0.566. The Bertz CT molecular complexity index is 148. The van der Waals surface area contributed by atoms with Crippen molar-refractivity contribution < 1.29 is 21.1 Å². The molecule has 0 radical (unpaired) electrons. The molecule has 0 aromatic heterocycles. The van der Waals surface area contributed by atoms with E-state index in [0.717, 1.165) is 5.69 Å². The number of aryl methyl sites for hydroxylation is 1. The second-order valence-corrected chi connectivity index (χ2v) is 1.91. The van der Waals surface area contributed by atoms with E-state index in [2.05, 4.69) is 0 Å². The standard InChI is InChI=1S/C7H9N.Pt/c1-6-2-4-7(8)5-3-6;/h2-5H,8H2,1H3;. The van der Waals surface area contributed by atoms with Gasteiger partial charge in [-0.1, -0.05) is 17.7 Å². The van der Waals surface area contributed by atoms with Gasteiger partial charge in [0.05, 0.1) is 0 Å². The predicted molar refractivity (Wildman–Crippen MR) is 35.6 cm³/mol. The van der Waals surface area contributed by atoms with Gasteiger partial charge in [0.1, 0.15) is 0 Å². The number of nitrogen functional groups attached to an aromatic ring is 1. The second-order valence-electron chi connectivity index (χ2n) is 1.91. The van der Waals surface area contributed by atoms with Gasteiger partial charge in [0.25, 0.3) is 0 Å². The Hall–Kier alpha value is -0.292. The Morgan fingerprint density at radius 1 is 1.11 bits per heavy atom.